The number of hydrogen-bond donors (Lipinski definition) is 2. The van der Waals surface area contributed by atoms with Crippen LogP contribution < -0.4 is 10.1 Å². The molecule has 6 heteroatoms. The highest BCUT2D eigenvalue weighted by molar-refractivity contribution is 7.10. The lowest BCUT2D eigenvalue weighted by Crippen LogP contribution is -2.53. The van der Waals surface area contributed by atoms with E-state index >= 15 is 0 Å². The molecule has 0 radical (unpaired) electrons. The normalized spacial score (nSPS) is 23.0. The van der Waals surface area contributed by atoms with Crippen molar-refractivity contribution in [2.75, 3.05) is 0 Å². The number of rotatable bonds is 2. The zero-order valence-electron chi connectivity index (χ0n) is 11.7. The van der Waals surface area contributed by atoms with Gasteiger partial charge in [-0.1, -0.05) is 0 Å². The van der Waals surface area contributed by atoms with Crippen molar-refractivity contribution in [3.63, 3.8) is 0 Å². The van der Waals surface area contributed by atoms with Crippen LogP contribution in [0.3, 0.4) is 0 Å². The third-order valence-corrected chi connectivity index (χ3v) is 4.53. The summed E-state index contributed by atoms with van der Waals surface area (Å²) in [6.07, 6.45) is 2.28. The van der Waals surface area contributed by atoms with Crippen LogP contribution in [-0.4, -0.2) is 27.7 Å². The fraction of sp³-hybridized carbons (Fsp3) is 0.333. The van der Waals surface area contributed by atoms with Gasteiger partial charge in [0.05, 0.1) is 16.5 Å². The van der Waals surface area contributed by atoms with Gasteiger partial charge in [0.25, 0.3) is 5.91 Å². The number of hydrogen-bond acceptors (Lipinski definition) is 5. The van der Waals surface area contributed by atoms with Crippen LogP contribution in [0.4, 0.5) is 0 Å². The van der Waals surface area contributed by atoms with Crippen molar-refractivity contribution < 1.29 is 14.6 Å². The summed E-state index contributed by atoms with van der Waals surface area (Å²) >= 11 is 1.46. The molecule has 5 nitrogen and oxygen atoms in total. The molecule has 1 amide bonds. The van der Waals surface area contributed by atoms with Crippen LogP contribution in [0.25, 0.3) is 0 Å². The van der Waals surface area contributed by atoms with Crippen LogP contribution in [0.5, 0.6) is 5.75 Å². The maximum atomic E-state index is 12.3. The summed E-state index contributed by atoms with van der Waals surface area (Å²) in [5.41, 5.74) is -0.298. The number of pyridine rings is 1. The van der Waals surface area contributed by atoms with Crippen molar-refractivity contribution in [3.05, 3.63) is 46.4 Å². The Balaban J connectivity index is 1.89. The summed E-state index contributed by atoms with van der Waals surface area (Å²) < 4.78 is 5.79. The highest BCUT2D eigenvalue weighted by atomic mass is 32.1. The first-order valence-electron chi connectivity index (χ1n) is 6.64. The fourth-order valence-electron chi connectivity index (χ4n) is 2.37. The predicted molar refractivity (Wildman–Crippen MR) is 79.5 cm³/mol. The number of aromatic nitrogens is 1. The van der Waals surface area contributed by atoms with Gasteiger partial charge in [-0.25, -0.2) is 0 Å². The van der Waals surface area contributed by atoms with E-state index in [1.807, 2.05) is 25.3 Å². The first-order chi connectivity index (χ1) is 9.99. The lowest BCUT2D eigenvalue weighted by Gasteiger charge is -2.40. The Hall–Kier alpha value is -1.92. The molecule has 0 saturated heterocycles. The van der Waals surface area contributed by atoms with Crippen molar-refractivity contribution in [2.45, 2.75) is 31.6 Å². The minimum atomic E-state index is -0.829. The molecule has 2 aromatic rings. The van der Waals surface area contributed by atoms with Gasteiger partial charge in [0.1, 0.15) is 17.5 Å². The average molecular weight is 304 g/mol. The molecule has 2 unspecified atom stereocenters. The van der Waals surface area contributed by atoms with E-state index < -0.39 is 17.7 Å². The number of ether oxygens (including phenoxy) is 1. The van der Waals surface area contributed by atoms with Crippen molar-refractivity contribution in [3.8, 4) is 5.75 Å². The summed E-state index contributed by atoms with van der Waals surface area (Å²) in [6, 6.07) is 4.76. The molecule has 1 aliphatic rings. The first kappa shape index (κ1) is 14.0. The second-order valence-corrected chi connectivity index (χ2v) is 6.44. The predicted octanol–water partition coefficient (Wildman–Crippen LogP) is 2.15. The lowest BCUT2D eigenvalue weighted by molar-refractivity contribution is -0.0612. The molecule has 21 heavy (non-hydrogen) atoms. The summed E-state index contributed by atoms with van der Waals surface area (Å²) in [7, 11) is 0. The van der Waals surface area contributed by atoms with Crippen molar-refractivity contribution >= 4 is 17.2 Å². The van der Waals surface area contributed by atoms with Crippen molar-refractivity contribution in [1.29, 1.82) is 0 Å². The third kappa shape index (κ3) is 2.52. The number of nitrogens with zero attached hydrogens (tertiary/aromatic N) is 1. The number of nitrogens with one attached hydrogen (secondary N) is 1. The molecule has 0 spiro atoms. The zero-order chi connectivity index (χ0) is 15.0. The molecule has 1 aliphatic heterocycles. The van der Waals surface area contributed by atoms with Gasteiger partial charge in [-0.2, -0.15) is 0 Å². The average Bonchev–Trinajstić information content (AvgIpc) is 2.91. The summed E-state index contributed by atoms with van der Waals surface area (Å²) in [5, 5.41) is 15.3. The standard InChI is InChI=1S/C15H16N2O3S/c1-15(2)13(18)11(12-10(20-15)5-7-21-12)17-14(19)9-4-3-6-16-8-9/h3-8,11,13,18H,1-2H3,(H,17,19). The Morgan fingerprint density at radius 3 is 3.00 bits per heavy atom. The molecule has 0 aromatic carbocycles. The van der Waals surface area contributed by atoms with Gasteiger partial charge < -0.3 is 15.2 Å². The van der Waals surface area contributed by atoms with E-state index in [1.54, 1.807) is 18.3 Å². The molecule has 110 valence electrons. The molecule has 2 aromatic heterocycles. The maximum absolute atomic E-state index is 12.3. The molecule has 3 rings (SSSR count). The second kappa shape index (κ2) is 5.13. The number of carbonyl (C=O) groups excluding carboxylic acids is 1. The Morgan fingerprint density at radius 2 is 2.29 bits per heavy atom. The minimum Gasteiger partial charge on any atom is -0.484 e. The highest BCUT2D eigenvalue weighted by Gasteiger charge is 2.44. The zero-order valence-corrected chi connectivity index (χ0v) is 12.6. The van der Waals surface area contributed by atoms with E-state index in [-0.39, 0.29) is 5.91 Å². The van der Waals surface area contributed by atoms with Crippen LogP contribution in [0, 0.1) is 0 Å². The Morgan fingerprint density at radius 1 is 1.48 bits per heavy atom. The number of carbonyl (C=O) groups is 1. The van der Waals surface area contributed by atoms with Crippen LogP contribution in [0.2, 0.25) is 0 Å². The smallest absolute Gasteiger partial charge is 0.253 e. The van der Waals surface area contributed by atoms with Crippen LogP contribution in [0.15, 0.2) is 36.0 Å². The van der Waals surface area contributed by atoms with Crippen LogP contribution >= 0.6 is 11.3 Å². The summed E-state index contributed by atoms with van der Waals surface area (Å²) in [4.78, 5) is 17.1. The quantitative estimate of drug-likeness (QED) is 0.892. The molecular weight excluding hydrogens is 288 g/mol. The highest BCUT2D eigenvalue weighted by Crippen LogP contribution is 2.42. The van der Waals surface area contributed by atoms with E-state index in [2.05, 4.69) is 10.3 Å². The van der Waals surface area contributed by atoms with E-state index in [9.17, 15) is 9.90 Å². The summed E-state index contributed by atoms with van der Waals surface area (Å²) in [5.74, 6) is 0.455. The first-order valence-corrected chi connectivity index (χ1v) is 7.52. The number of aliphatic hydroxyl groups excluding tert-OH is 1. The Labute approximate surface area is 126 Å². The van der Waals surface area contributed by atoms with E-state index in [0.717, 1.165) is 4.88 Å². The molecule has 2 atom stereocenters. The van der Waals surface area contributed by atoms with Crippen LogP contribution in [-0.2, 0) is 0 Å². The molecule has 0 bridgehead atoms. The van der Waals surface area contributed by atoms with Gasteiger partial charge in [0.2, 0.25) is 0 Å². The minimum absolute atomic E-state index is 0.260. The van der Waals surface area contributed by atoms with Crippen molar-refractivity contribution in [1.82, 2.24) is 10.3 Å². The number of fused-ring (bicyclic) bond motifs is 1. The molecule has 0 saturated carbocycles. The van der Waals surface area contributed by atoms with E-state index in [0.29, 0.717) is 11.3 Å². The van der Waals surface area contributed by atoms with E-state index in [1.165, 1.54) is 17.5 Å². The van der Waals surface area contributed by atoms with Gasteiger partial charge in [0, 0.05) is 12.4 Å². The van der Waals surface area contributed by atoms with Gasteiger partial charge in [-0.15, -0.1) is 11.3 Å². The Bertz CT molecular complexity index is 654. The largest absolute Gasteiger partial charge is 0.484 e. The van der Waals surface area contributed by atoms with Gasteiger partial charge in [-0.05, 0) is 37.4 Å². The molecule has 0 aliphatic carbocycles. The maximum Gasteiger partial charge on any atom is 0.253 e. The van der Waals surface area contributed by atoms with Gasteiger partial charge in [0.15, 0.2) is 0 Å². The molecule has 0 fully saturated rings. The SMILES string of the molecule is CC1(C)Oc2ccsc2C(NC(=O)c2cccnc2)C1O. The Kier molecular flexibility index (Phi) is 3.43. The van der Waals surface area contributed by atoms with Crippen molar-refractivity contribution in [2.24, 2.45) is 0 Å². The number of aliphatic hydroxyl groups is 1. The van der Waals surface area contributed by atoms with Gasteiger partial charge >= 0.3 is 0 Å². The topological polar surface area (TPSA) is 71.5 Å². The van der Waals surface area contributed by atoms with E-state index in [4.69, 9.17) is 4.74 Å². The molecular formula is C15H16N2O3S. The molecule has 3 heterocycles. The number of thiophene rings is 1. The molecule has 2 N–H and O–H groups in total. The lowest BCUT2D eigenvalue weighted by atomic mass is 9.90. The van der Waals surface area contributed by atoms with Gasteiger partial charge in [-0.3, -0.25) is 9.78 Å². The van der Waals surface area contributed by atoms with Crippen LogP contribution in [0.1, 0.15) is 35.1 Å². The summed E-state index contributed by atoms with van der Waals surface area (Å²) in [6.45, 7) is 3.61. The second-order valence-electron chi connectivity index (χ2n) is 5.49. The monoisotopic (exact) mass is 304 g/mol. The number of amides is 1. The third-order valence-electron chi connectivity index (χ3n) is 3.55. The fourth-order valence-corrected chi connectivity index (χ4v) is 3.27.